The highest BCUT2D eigenvalue weighted by Crippen LogP contribution is 2.23. The molecular formula is C18H20ClN3O5S2. The van der Waals surface area contributed by atoms with Gasteiger partial charge in [0.05, 0.1) is 24.6 Å². The van der Waals surface area contributed by atoms with Gasteiger partial charge in [-0.25, -0.2) is 8.42 Å². The van der Waals surface area contributed by atoms with E-state index in [9.17, 15) is 18.0 Å². The molecule has 8 nitrogen and oxygen atoms in total. The van der Waals surface area contributed by atoms with Crippen molar-refractivity contribution < 1.29 is 22.7 Å². The van der Waals surface area contributed by atoms with Crippen LogP contribution in [-0.4, -0.2) is 50.5 Å². The Morgan fingerprint density at radius 2 is 1.90 bits per heavy atom. The first-order valence-electron chi connectivity index (χ1n) is 8.85. The second-order valence-electron chi connectivity index (χ2n) is 6.22. The topological polar surface area (TPSA) is 105 Å². The fourth-order valence-electron chi connectivity index (χ4n) is 2.77. The Morgan fingerprint density at radius 1 is 1.17 bits per heavy atom. The standard InChI is InChI=1S/C18H20ClN3O5S2/c19-13-4-6-15(7-5-13)29(25,26)22-8-2-9-27-16(22)12-21-18(24)17(23)20-11-14-3-1-10-28-14/h1,3-7,10,16H,2,8-9,11-12H2,(H,20,23)(H,21,24). The van der Waals surface area contributed by atoms with Crippen LogP contribution in [-0.2, 0) is 30.9 Å². The van der Waals surface area contributed by atoms with Gasteiger partial charge in [-0.05, 0) is 42.1 Å². The lowest BCUT2D eigenvalue weighted by atomic mass is 10.3. The third-order valence-corrected chi connectivity index (χ3v) is 7.25. The third-order valence-electron chi connectivity index (χ3n) is 4.22. The summed E-state index contributed by atoms with van der Waals surface area (Å²) < 4.78 is 32.6. The Kier molecular flexibility index (Phi) is 7.25. The quantitative estimate of drug-likeness (QED) is 0.641. The highest BCUT2D eigenvalue weighted by Gasteiger charge is 2.34. The summed E-state index contributed by atoms with van der Waals surface area (Å²) in [6.07, 6.45) is -0.378. The Balaban J connectivity index is 1.60. The second kappa shape index (κ2) is 9.68. The summed E-state index contributed by atoms with van der Waals surface area (Å²) in [6, 6.07) is 9.52. The van der Waals surface area contributed by atoms with Crippen molar-refractivity contribution in [3.05, 3.63) is 51.7 Å². The van der Waals surface area contributed by atoms with Crippen molar-refractivity contribution >= 4 is 44.8 Å². The number of ether oxygens (including phenoxy) is 1. The number of nitrogens with one attached hydrogen (secondary N) is 2. The molecule has 2 aromatic rings. The Labute approximate surface area is 177 Å². The van der Waals surface area contributed by atoms with Crippen molar-refractivity contribution in [1.29, 1.82) is 0 Å². The maximum atomic E-state index is 12.9. The molecule has 3 rings (SSSR count). The Morgan fingerprint density at radius 3 is 2.59 bits per heavy atom. The number of thiophene rings is 1. The molecular weight excluding hydrogens is 438 g/mol. The maximum absolute atomic E-state index is 12.9. The molecule has 0 spiro atoms. The van der Waals surface area contributed by atoms with E-state index < -0.39 is 28.1 Å². The first kappa shape index (κ1) is 21.7. The molecule has 0 saturated carbocycles. The third kappa shape index (κ3) is 5.55. The van der Waals surface area contributed by atoms with Crippen LogP contribution in [0, 0.1) is 0 Å². The lowest BCUT2D eigenvalue weighted by Gasteiger charge is -2.34. The first-order valence-corrected chi connectivity index (χ1v) is 11.5. The number of carbonyl (C=O) groups is 2. The molecule has 1 unspecified atom stereocenters. The Hall–Kier alpha value is -1.98. The summed E-state index contributed by atoms with van der Waals surface area (Å²) in [7, 11) is -3.84. The first-order chi connectivity index (χ1) is 13.9. The summed E-state index contributed by atoms with van der Waals surface area (Å²) >= 11 is 7.30. The monoisotopic (exact) mass is 457 g/mol. The molecule has 1 aliphatic rings. The lowest BCUT2D eigenvalue weighted by Crippen LogP contribution is -2.53. The van der Waals surface area contributed by atoms with Crippen LogP contribution in [0.3, 0.4) is 0 Å². The number of carbonyl (C=O) groups excluding carboxylic acids is 2. The van der Waals surface area contributed by atoms with Crippen LogP contribution in [0.5, 0.6) is 0 Å². The molecule has 1 saturated heterocycles. The molecule has 2 N–H and O–H groups in total. The number of hydrogen-bond acceptors (Lipinski definition) is 6. The average Bonchev–Trinajstić information content (AvgIpc) is 3.24. The molecule has 2 amide bonds. The van der Waals surface area contributed by atoms with E-state index in [-0.39, 0.29) is 24.5 Å². The molecule has 0 aliphatic carbocycles. The minimum absolute atomic E-state index is 0.0809. The predicted octanol–water partition coefficient (Wildman–Crippen LogP) is 1.57. The van der Waals surface area contributed by atoms with Crippen LogP contribution in [0.1, 0.15) is 11.3 Å². The molecule has 1 aromatic heterocycles. The molecule has 1 atom stereocenters. The van der Waals surface area contributed by atoms with Gasteiger partial charge in [0.15, 0.2) is 0 Å². The van der Waals surface area contributed by atoms with E-state index in [1.54, 1.807) is 0 Å². The molecule has 2 heterocycles. The van der Waals surface area contributed by atoms with Crippen LogP contribution in [0.15, 0.2) is 46.7 Å². The van der Waals surface area contributed by atoms with Gasteiger partial charge in [0.2, 0.25) is 10.0 Å². The van der Waals surface area contributed by atoms with E-state index in [2.05, 4.69) is 10.6 Å². The van der Waals surface area contributed by atoms with Gasteiger partial charge in [-0.3, -0.25) is 9.59 Å². The molecule has 156 valence electrons. The van der Waals surface area contributed by atoms with E-state index in [1.807, 2.05) is 17.5 Å². The minimum Gasteiger partial charge on any atom is -0.360 e. The zero-order chi connectivity index (χ0) is 20.9. The smallest absolute Gasteiger partial charge is 0.309 e. The summed E-state index contributed by atoms with van der Waals surface area (Å²) in [6.45, 7) is 0.715. The molecule has 0 radical (unpaired) electrons. The zero-order valence-electron chi connectivity index (χ0n) is 15.3. The number of hydrogen-bond donors (Lipinski definition) is 2. The van der Waals surface area contributed by atoms with Gasteiger partial charge in [0, 0.05) is 16.4 Å². The molecule has 11 heteroatoms. The number of nitrogens with zero attached hydrogens (tertiary/aromatic N) is 1. The maximum Gasteiger partial charge on any atom is 0.309 e. The number of sulfonamides is 1. The largest absolute Gasteiger partial charge is 0.360 e. The van der Waals surface area contributed by atoms with E-state index in [0.29, 0.717) is 18.1 Å². The van der Waals surface area contributed by atoms with Crippen LogP contribution < -0.4 is 10.6 Å². The summed E-state index contributed by atoms with van der Waals surface area (Å²) in [5.74, 6) is -1.64. The molecule has 1 aliphatic heterocycles. The van der Waals surface area contributed by atoms with E-state index in [0.717, 1.165) is 4.88 Å². The molecule has 29 heavy (non-hydrogen) atoms. The fourth-order valence-corrected chi connectivity index (χ4v) is 5.10. The minimum atomic E-state index is -3.84. The van der Waals surface area contributed by atoms with E-state index >= 15 is 0 Å². The number of amides is 2. The van der Waals surface area contributed by atoms with Crippen molar-refractivity contribution in [2.24, 2.45) is 0 Å². The predicted molar refractivity (Wildman–Crippen MR) is 109 cm³/mol. The van der Waals surface area contributed by atoms with E-state index in [4.69, 9.17) is 16.3 Å². The van der Waals surface area contributed by atoms with Crippen LogP contribution in [0.2, 0.25) is 5.02 Å². The van der Waals surface area contributed by atoms with Crippen molar-refractivity contribution in [2.45, 2.75) is 24.1 Å². The van der Waals surface area contributed by atoms with Gasteiger partial charge in [-0.15, -0.1) is 11.3 Å². The van der Waals surface area contributed by atoms with Gasteiger partial charge in [0.1, 0.15) is 6.23 Å². The number of benzene rings is 1. The summed E-state index contributed by atoms with van der Waals surface area (Å²) in [5, 5.41) is 7.26. The molecule has 1 fully saturated rings. The SMILES string of the molecule is O=C(NCc1cccs1)C(=O)NCC1OCCCN1S(=O)(=O)c1ccc(Cl)cc1. The molecule has 0 bridgehead atoms. The lowest BCUT2D eigenvalue weighted by molar-refractivity contribution is -0.140. The van der Waals surface area contributed by atoms with Gasteiger partial charge >= 0.3 is 11.8 Å². The van der Waals surface area contributed by atoms with E-state index in [1.165, 1.54) is 39.9 Å². The van der Waals surface area contributed by atoms with Crippen molar-refractivity contribution in [2.75, 3.05) is 19.7 Å². The van der Waals surface area contributed by atoms with Gasteiger partial charge in [0.25, 0.3) is 0 Å². The number of halogens is 1. The van der Waals surface area contributed by atoms with Crippen molar-refractivity contribution in [3.8, 4) is 0 Å². The highest BCUT2D eigenvalue weighted by atomic mass is 35.5. The van der Waals surface area contributed by atoms with Crippen molar-refractivity contribution in [1.82, 2.24) is 14.9 Å². The Bertz CT molecular complexity index is 948. The van der Waals surface area contributed by atoms with Crippen LogP contribution in [0.25, 0.3) is 0 Å². The van der Waals surface area contributed by atoms with Gasteiger partial charge < -0.3 is 15.4 Å². The van der Waals surface area contributed by atoms with Crippen LogP contribution in [0.4, 0.5) is 0 Å². The van der Waals surface area contributed by atoms with Gasteiger partial charge in [-0.2, -0.15) is 4.31 Å². The normalized spacial score (nSPS) is 17.6. The van der Waals surface area contributed by atoms with Crippen LogP contribution >= 0.6 is 22.9 Å². The average molecular weight is 458 g/mol. The summed E-state index contributed by atoms with van der Waals surface area (Å²) in [4.78, 5) is 25.0. The summed E-state index contributed by atoms with van der Waals surface area (Å²) in [5.41, 5.74) is 0. The zero-order valence-corrected chi connectivity index (χ0v) is 17.7. The van der Waals surface area contributed by atoms with Crippen molar-refractivity contribution in [3.63, 3.8) is 0 Å². The second-order valence-corrected chi connectivity index (χ2v) is 9.58. The fraction of sp³-hybridized carbons (Fsp3) is 0.333. The highest BCUT2D eigenvalue weighted by molar-refractivity contribution is 7.89. The van der Waals surface area contributed by atoms with Gasteiger partial charge in [-0.1, -0.05) is 17.7 Å². The number of rotatable bonds is 6. The molecule has 1 aromatic carbocycles.